The number of methoxy groups -OCH3 is 1. The number of halogens is 1. The van der Waals surface area contributed by atoms with Crippen molar-refractivity contribution < 1.29 is 36.5 Å². The van der Waals surface area contributed by atoms with E-state index in [2.05, 4.69) is 10.1 Å². The highest BCUT2D eigenvalue weighted by atomic mass is 35.5. The van der Waals surface area contributed by atoms with Gasteiger partial charge in [-0.05, 0) is 72.3 Å². The molecule has 12 heteroatoms. The first-order chi connectivity index (χ1) is 17.6. The lowest BCUT2D eigenvalue weighted by Crippen LogP contribution is -2.54. The number of carbonyl (C=O) groups excluding carboxylic acids is 4. The average molecular weight is 541 g/mol. The van der Waals surface area contributed by atoms with Crippen molar-refractivity contribution >= 4 is 57.3 Å². The maximum Gasteiger partial charge on any atom is 0.339 e. The highest BCUT2D eigenvalue weighted by Gasteiger charge is 2.36. The van der Waals surface area contributed by atoms with E-state index >= 15 is 0 Å². The Balaban J connectivity index is 1.55. The summed E-state index contributed by atoms with van der Waals surface area (Å²) in [5, 5.41) is 2.47. The monoisotopic (exact) mass is 540 g/mol. The maximum absolute atomic E-state index is 13.0. The topological polar surface area (TPSA) is 136 Å². The van der Waals surface area contributed by atoms with Gasteiger partial charge in [-0.15, -0.1) is 0 Å². The van der Waals surface area contributed by atoms with Crippen LogP contribution in [0.25, 0.3) is 6.08 Å². The molecule has 0 radical (unpaired) electrons. The van der Waals surface area contributed by atoms with E-state index in [-0.39, 0.29) is 27.5 Å². The van der Waals surface area contributed by atoms with Gasteiger partial charge in [-0.3, -0.25) is 14.9 Å². The van der Waals surface area contributed by atoms with Gasteiger partial charge in [-0.25, -0.2) is 14.5 Å². The molecule has 0 unspecified atom stereocenters. The highest BCUT2D eigenvalue weighted by Crippen LogP contribution is 2.24. The van der Waals surface area contributed by atoms with Gasteiger partial charge >= 0.3 is 22.1 Å². The Morgan fingerprint density at radius 3 is 2.14 bits per heavy atom. The number of rotatable bonds is 6. The molecule has 37 heavy (non-hydrogen) atoms. The zero-order valence-electron chi connectivity index (χ0n) is 19.0. The third-order valence-corrected chi connectivity index (χ3v) is 6.66. The molecule has 0 bridgehead atoms. The number of urea groups is 1. The molecule has 1 fully saturated rings. The SMILES string of the molecule is COC(=O)c1ccc(N2C(=O)NC(=O)/C(=C\c3ccc(OS(=O)(=O)c4ccc(Cl)cc4)cc3)C2=O)cc1. The van der Waals surface area contributed by atoms with E-state index in [9.17, 15) is 27.6 Å². The Labute approximate surface area is 216 Å². The van der Waals surface area contributed by atoms with Crippen molar-refractivity contribution in [1.29, 1.82) is 0 Å². The fourth-order valence-electron chi connectivity index (χ4n) is 3.32. The van der Waals surface area contributed by atoms with Gasteiger partial charge in [0.2, 0.25) is 0 Å². The molecule has 188 valence electrons. The van der Waals surface area contributed by atoms with Crippen LogP contribution < -0.4 is 14.4 Å². The number of nitrogens with zero attached hydrogens (tertiary/aromatic N) is 1. The molecule has 1 aliphatic rings. The van der Waals surface area contributed by atoms with Crippen molar-refractivity contribution in [3.05, 3.63) is 94.5 Å². The predicted molar refractivity (Wildman–Crippen MR) is 132 cm³/mol. The lowest BCUT2D eigenvalue weighted by atomic mass is 10.1. The summed E-state index contributed by atoms with van der Waals surface area (Å²) < 4.78 is 34.6. The Morgan fingerprint density at radius 1 is 0.919 bits per heavy atom. The van der Waals surface area contributed by atoms with Crippen LogP contribution in [-0.4, -0.2) is 39.3 Å². The average Bonchev–Trinajstić information content (AvgIpc) is 2.87. The number of anilines is 1. The number of amides is 4. The van der Waals surface area contributed by atoms with E-state index in [1.54, 1.807) is 0 Å². The van der Waals surface area contributed by atoms with E-state index in [1.807, 2.05) is 0 Å². The molecule has 1 saturated heterocycles. The fraction of sp³-hybridized carbons (Fsp3) is 0.0400. The summed E-state index contributed by atoms with van der Waals surface area (Å²) in [4.78, 5) is 50.1. The molecular formula is C25H17ClN2O8S. The number of hydrogen-bond donors (Lipinski definition) is 1. The molecule has 0 aromatic heterocycles. The normalized spacial score (nSPS) is 14.9. The Bertz CT molecular complexity index is 1530. The van der Waals surface area contributed by atoms with Crippen LogP contribution in [0.1, 0.15) is 15.9 Å². The summed E-state index contributed by atoms with van der Waals surface area (Å²) in [5.74, 6) is -2.38. The molecule has 0 atom stereocenters. The summed E-state index contributed by atoms with van der Waals surface area (Å²) in [5.41, 5.74) is 0.372. The number of imide groups is 2. The molecule has 10 nitrogen and oxygen atoms in total. The molecule has 3 aromatic rings. The minimum Gasteiger partial charge on any atom is -0.465 e. The summed E-state index contributed by atoms with van der Waals surface area (Å²) in [7, 11) is -2.89. The number of carbonyl (C=O) groups is 4. The largest absolute Gasteiger partial charge is 0.465 e. The first-order valence-corrected chi connectivity index (χ1v) is 12.3. The van der Waals surface area contributed by atoms with E-state index in [0.29, 0.717) is 10.6 Å². The lowest BCUT2D eigenvalue weighted by Gasteiger charge is -2.26. The van der Waals surface area contributed by atoms with Crippen molar-refractivity contribution in [2.24, 2.45) is 0 Å². The van der Waals surface area contributed by atoms with Crippen LogP contribution in [-0.2, 0) is 24.4 Å². The minimum atomic E-state index is -4.11. The van der Waals surface area contributed by atoms with Crippen LogP contribution in [0.3, 0.4) is 0 Å². The first kappa shape index (κ1) is 25.6. The van der Waals surface area contributed by atoms with Gasteiger partial charge in [0.25, 0.3) is 11.8 Å². The summed E-state index contributed by atoms with van der Waals surface area (Å²) >= 11 is 5.78. The highest BCUT2D eigenvalue weighted by molar-refractivity contribution is 7.87. The standard InChI is InChI=1S/C25H17ClN2O8S/c1-35-24(31)16-4-8-18(9-5-16)28-23(30)21(22(29)27-25(28)32)14-15-2-10-19(11-3-15)36-37(33,34)20-12-6-17(26)7-13-20/h2-14H,1H3,(H,27,29,32)/b21-14+. The van der Waals surface area contributed by atoms with Crippen LogP contribution in [0.15, 0.2) is 83.3 Å². The predicted octanol–water partition coefficient (Wildman–Crippen LogP) is 3.56. The van der Waals surface area contributed by atoms with Crippen molar-refractivity contribution in [3.8, 4) is 5.75 Å². The second-order valence-electron chi connectivity index (χ2n) is 7.56. The van der Waals surface area contributed by atoms with Gasteiger partial charge in [-0.2, -0.15) is 8.42 Å². The third kappa shape index (κ3) is 5.52. The molecule has 4 rings (SSSR count). The van der Waals surface area contributed by atoms with Gasteiger partial charge < -0.3 is 8.92 Å². The smallest absolute Gasteiger partial charge is 0.339 e. The second kappa shape index (κ2) is 10.2. The summed E-state index contributed by atoms with van der Waals surface area (Å²) in [6.07, 6.45) is 1.25. The quantitative estimate of drug-likeness (QED) is 0.217. The van der Waals surface area contributed by atoms with Crippen molar-refractivity contribution in [2.45, 2.75) is 4.90 Å². The molecule has 0 saturated carbocycles. The number of nitrogens with one attached hydrogen (secondary N) is 1. The van der Waals surface area contributed by atoms with Gasteiger partial charge in [-0.1, -0.05) is 23.7 Å². The molecule has 4 amide bonds. The van der Waals surface area contributed by atoms with Crippen molar-refractivity contribution in [1.82, 2.24) is 5.32 Å². The van der Waals surface area contributed by atoms with Gasteiger partial charge in [0.1, 0.15) is 16.2 Å². The molecule has 1 heterocycles. The maximum atomic E-state index is 13.0. The third-order valence-electron chi connectivity index (χ3n) is 5.15. The van der Waals surface area contributed by atoms with Crippen LogP contribution in [0.2, 0.25) is 5.02 Å². The van der Waals surface area contributed by atoms with E-state index in [4.69, 9.17) is 15.8 Å². The second-order valence-corrected chi connectivity index (χ2v) is 9.54. The number of barbiturate groups is 1. The molecule has 1 aliphatic heterocycles. The van der Waals surface area contributed by atoms with E-state index < -0.39 is 33.9 Å². The Morgan fingerprint density at radius 2 is 1.54 bits per heavy atom. The number of esters is 1. The molecule has 3 aromatic carbocycles. The van der Waals surface area contributed by atoms with E-state index in [1.165, 1.54) is 86.0 Å². The van der Waals surface area contributed by atoms with Gasteiger partial charge in [0.15, 0.2) is 0 Å². The Hall–Kier alpha value is -4.48. The number of benzene rings is 3. The number of hydrogen-bond acceptors (Lipinski definition) is 8. The minimum absolute atomic E-state index is 0.000905. The van der Waals surface area contributed by atoms with E-state index in [0.717, 1.165) is 4.90 Å². The molecule has 0 aliphatic carbocycles. The van der Waals surface area contributed by atoms with Gasteiger partial charge in [0, 0.05) is 5.02 Å². The zero-order valence-corrected chi connectivity index (χ0v) is 20.6. The van der Waals surface area contributed by atoms with Crippen LogP contribution in [0.5, 0.6) is 5.75 Å². The van der Waals surface area contributed by atoms with Gasteiger partial charge in [0.05, 0.1) is 18.4 Å². The number of ether oxygens (including phenoxy) is 1. The van der Waals surface area contributed by atoms with Crippen LogP contribution in [0, 0.1) is 0 Å². The molecular weight excluding hydrogens is 524 g/mol. The first-order valence-electron chi connectivity index (χ1n) is 10.5. The van der Waals surface area contributed by atoms with Crippen LogP contribution in [0.4, 0.5) is 10.5 Å². The summed E-state index contributed by atoms with van der Waals surface area (Å²) in [6.45, 7) is 0. The van der Waals surface area contributed by atoms with Crippen LogP contribution >= 0.6 is 11.6 Å². The Kier molecular flexibility index (Phi) is 7.09. The fourth-order valence-corrected chi connectivity index (χ4v) is 4.37. The van der Waals surface area contributed by atoms with Crippen molar-refractivity contribution in [3.63, 3.8) is 0 Å². The zero-order chi connectivity index (χ0) is 26.7. The molecule has 1 N–H and O–H groups in total. The molecule has 0 spiro atoms. The van der Waals surface area contributed by atoms with Crippen molar-refractivity contribution in [2.75, 3.05) is 12.0 Å². The lowest BCUT2D eigenvalue weighted by molar-refractivity contribution is -0.122. The summed E-state index contributed by atoms with van der Waals surface area (Å²) in [6, 6.07) is 15.5.